The average Bonchev–Trinajstić information content (AvgIpc) is 3.25. The maximum Gasteiger partial charge on any atom is 0.433 e. The lowest BCUT2D eigenvalue weighted by Gasteiger charge is -2.12. The van der Waals surface area contributed by atoms with Crippen LogP contribution in [0.3, 0.4) is 0 Å². The lowest BCUT2D eigenvalue weighted by Crippen LogP contribution is -2.10. The molecule has 0 amide bonds. The minimum absolute atomic E-state index is 0.00712. The number of ether oxygens (including phenoxy) is 1. The van der Waals surface area contributed by atoms with Gasteiger partial charge in [-0.25, -0.2) is 14.8 Å². The number of alkyl halides is 3. The van der Waals surface area contributed by atoms with Gasteiger partial charge in [-0.15, -0.1) is 0 Å². The minimum atomic E-state index is -4.72. The third-order valence-electron chi connectivity index (χ3n) is 4.58. The largest absolute Gasteiger partial charge is 0.464 e. The molecule has 0 aromatic carbocycles. The monoisotopic (exact) mass is 494 g/mol. The quantitative estimate of drug-likeness (QED) is 0.313. The van der Waals surface area contributed by atoms with Crippen LogP contribution in [-0.4, -0.2) is 28.6 Å². The van der Waals surface area contributed by atoms with E-state index in [1.54, 1.807) is 6.92 Å². The highest BCUT2D eigenvalue weighted by atomic mass is 32.2. The van der Waals surface area contributed by atoms with Crippen LogP contribution in [0.1, 0.15) is 46.4 Å². The van der Waals surface area contributed by atoms with E-state index >= 15 is 0 Å². The SMILES string of the molecule is CCOC(=O)c1sc(NC2CC2)nc1CSc1nc(C(F)(F)F)cc(-c2ccco2)c1C#N. The fourth-order valence-corrected chi connectivity index (χ4v) is 4.90. The predicted molar refractivity (Wildman–Crippen MR) is 116 cm³/mol. The number of carbonyl (C=O) groups is 1. The summed E-state index contributed by atoms with van der Waals surface area (Å²) in [5, 5.41) is 13.3. The van der Waals surface area contributed by atoms with Crippen molar-refractivity contribution in [2.75, 3.05) is 11.9 Å². The third kappa shape index (κ3) is 5.31. The maximum atomic E-state index is 13.5. The highest BCUT2D eigenvalue weighted by Crippen LogP contribution is 2.39. The number of pyridine rings is 1. The number of furan rings is 1. The molecule has 0 bridgehead atoms. The molecule has 7 nitrogen and oxygen atoms in total. The van der Waals surface area contributed by atoms with Gasteiger partial charge in [0.15, 0.2) is 5.13 Å². The fraction of sp³-hybridized carbons (Fsp3) is 0.333. The number of hydrogen-bond donors (Lipinski definition) is 1. The third-order valence-corrected chi connectivity index (χ3v) is 6.58. The molecule has 0 atom stereocenters. The molecule has 1 aliphatic rings. The van der Waals surface area contributed by atoms with Gasteiger partial charge in [0.25, 0.3) is 0 Å². The number of anilines is 1. The number of hydrogen-bond acceptors (Lipinski definition) is 9. The molecule has 3 aromatic heterocycles. The maximum absolute atomic E-state index is 13.5. The van der Waals surface area contributed by atoms with Gasteiger partial charge in [-0.05, 0) is 38.0 Å². The van der Waals surface area contributed by atoms with E-state index in [0.717, 1.165) is 42.0 Å². The summed E-state index contributed by atoms with van der Waals surface area (Å²) < 4.78 is 50.9. The normalized spacial score (nSPS) is 13.5. The van der Waals surface area contributed by atoms with Gasteiger partial charge in [0.1, 0.15) is 27.4 Å². The molecule has 1 saturated carbocycles. The van der Waals surface area contributed by atoms with E-state index < -0.39 is 17.8 Å². The van der Waals surface area contributed by atoms with Crippen LogP contribution in [0.4, 0.5) is 18.3 Å². The molecule has 0 aliphatic heterocycles. The Kier molecular flexibility index (Phi) is 6.62. The smallest absolute Gasteiger partial charge is 0.433 e. The van der Waals surface area contributed by atoms with Crippen molar-refractivity contribution in [3.63, 3.8) is 0 Å². The molecule has 1 fully saturated rings. The van der Waals surface area contributed by atoms with Crippen LogP contribution >= 0.6 is 23.1 Å². The van der Waals surface area contributed by atoms with Gasteiger partial charge in [-0.2, -0.15) is 18.4 Å². The van der Waals surface area contributed by atoms with Crippen LogP contribution < -0.4 is 5.32 Å². The Morgan fingerprint density at radius 3 is 2.82 bits per heavy atom. The Labute approximate surface area is 195 Å². The summed E-state index contributed by atoms with van der Waals surface area (Å²) in [6.45, 7) is 1.85. The lowest BCUT2D eigenvalue weighted by atomic mass is 10.1. The number of nitrogens with one attached hydrogen (secondary N) is 1. The van der Waals surface area contributed by atoms with Gasteiger partial charge in [0.2, 0.25) is 0 Å². The molecule has 1 aliphatic carbocycles. The van der Waals surface area contributed by atoms with Crippen molar-refractivity contribution in [1.82, 2.24) is 9.97 Å². The van der Waals surface area contributed by atoms with Gasteiger partial charge >= 0.3 is 12.1 Å². The number of halogens is 3. The van der Waals surface area contributed by atoms with E-state index in [2.05, 4.69) is 15.3 Å². The Morgan fingerprint density at radius 1 is 1.42 bits per heavy atom. The highest BCUT2D eigenvalue weighted by molar-refractivity contribution is 7.98. The van der Waals surface area contributed by atoms with Crippen LogP contribution in [0, 0.1) is 11.3 Å². The van der Waals surface area contributed by atoms with Crippen LogP contribution in [0.5, 0.6) is 0 Å². The molecular formula is C21H17F3N4O3S2. The zero-order valence-electron chi connectivity index (χ0n) is 17.2. The van der Waals surface area contributed by atoms with Gasteiger partial charge in [0, 0.05) is 17.4 Å². The standard InChI is InChI=1S/C21H17F3N4O3S2/c1-2-30-19(29)17-14(27-20(33-17)26-11-5-6-11)10-32-18-13(9-25)12(15-4-3-7-31-15)8-16(28-18)21(22,23)24/h3-4,7-8,11H,2,5-6,10H2,1H3,(H,26,27). The van der Waals surface area contributed by atoms with Gasteiger partial charge < -0.3 is 14.5 Å². The first kappa shape index (κ1) is 23.1. The Hall–Kier alpha value is -3.04. The second-order valence-corrected chi connectivity index (χ2v) is 9.01. The van der Waals surface area contributed by atoms with Gasteiger partial charge in [-0.1, -0.05) is 23.1 Å². The summed E-state index contributed by atoms with van der Waals surface area (Å²) in [6, 6.07) is 6.03. The average molecular weight is 495 g/mol. The molecule has 33 heavy (non-hydrogen) atoms. The van der Waals surface area contributed by atoms with Crippen molar-refractivity contribution in [1.29, 1.82) is 5.26 Å². The van der Waals surface area contributed by atoms with E-state index in [9.17, 15) is 23.2 Å². The summed E-state index contributed by atoms with van der Waals surface area (Å²) in [4.78, 5) is 20.8. The number of nitrogens with zero attached hydrogens (tertiary/aromatic N) is 3. The molecule has 0 unspecified atom stereocenters. The van der Waals surface area contributed by atoms with Crippen LogP contribution in [0.25, 0.3) is 11.3 Å². The summed E-state index contributed by atoms with van der Waals surface area (Å²) in [7, 11) is 0. The second-order valence-electron chi connectivity index (χ2n) is 7.04. The first-order valence-electron chi connectivity index (χ1n) is 9.92. The topological polar surface area (TPSA) is 101 Å². The Morgan fingerprint density at radius 2 is 2.21 bits per heavy atom. The Bertz CT molecular complexity index is 1200. The number of esters is 1. The molecule has 3 aromatic rings. The van der Waals surface area contributed by atoms with Crippen molar-refractivity contribution < 1.29 is 27.1 Å². The zero-order valence-corrected chi connectivity index (χ0v) is 18.9. The molecule has 0 spiro atoms. The molecule has 172 valence electrons. The van der Waals surface area contributed by atoms with Crippen molar-refractivity contribution in [2.24, 2.45) is 0 Å². The fourth-order valence-electron chi connectivity index (χ4n) is 2.91. The van der Waals surface area contributed by atoms with Crippen molar-refractivity contribution in [3.8, 4) is 17.4 Å². The van der Waals surface area contributed by atoms with Crippen molar-refractivity contribution in [3.05, 3.63) is 46.3 Å². The van der Waals surface area contributed by atoms with E-state index in [4.69, 9.17) is 9.15 Å². The van der Waals surface area contributed by atoms with Gasteiger partial charge in [-0.3, -0.25) is 0 Å². The molecule has 0 radical (unpaired) electrons. The minimum Gasteiger partial charge on any atom is -0.464 e. The zero-order chi connectivity index (χ0) is 23.6. The van der Waals surface area contributed by atoms with Crippen LogP contribution in [0.15, 0.2) is 33.9 Å². The summed E-state index contributed by atoms with van der Waals surface area (Å²) in [5.41, 5.74) is -0.843. The van der Waals surface area contributed by atoms with Crippen LogP contribution in [0.2, 0.25) is 0 Å². The van der Waals surface area contributed by atoms with Crippen molar-refractivity contribution in [2.45, 2.75) is 42.8 Å². The first-order valence-corrected chi connectivity index (χ1v) is 11.7. The van der Waals surface area contributed by atoms with Crippen molar-refractivity contribution >= 4 is 34.2 Å². The number of nitriles is 1. The summed E-state index contributed by atoms with van der Waals surface area (Å²) >= 11 is 2.04. The number of thiazole rings is 1. The molecule has 4 rings (SSSR count). The molecule has 0 saturated heterocycles. The highest BCUT2D eigenvalue weighted by Gasteiger charge is 2.35. The molecular weight excluding hydrogens is 477 g/mol. The number of carbonyl (C=O) groups excluding carboxylic acids is 1. The molecule has 3 heterocycles. The second kappa shape index (κ2) is 9.44. The van der Waals surface area contributed by atoms with E-state index in [-0.39, 0.29) is 39.1 Å². The summed E-state index contributed by atoms with van der Waals surface area (Å²) in [6.07, 6.45) is -1.39. The summed E-state index contributed by atoms with van der Waals surface area (Å²) in [5.74, 6) is -0.404. The number of thioether (sulfide) groups is 1. The van der Waals surface area contributed by atoms with E-state index in [0.29, 0.717) is 16.9 Å². The van der Waals surface area contributed by atoms with E-state index in [1.165, 1.54) is 18.4 Å². The van der Waals surface area contributed by atoms with Gasteiger partial charge in [0.05, 0.1) is 24.1 Å². The lowest BCUT2D eigenvalue weighted by molar-refractivity contribution is -0.141. The molecule has 12 heteroatoms. The molecule has 1 N–H and O–H groups in total. The number of rotatable bonds is 8. The van der Waals surface area contributed by atoms with E-state index in [1.807, 2.05) is 6.07 Å². The number of aromatic nitrogens is 2. The Balaban J connectivity index is 1.69. The van der Waals surface area contributed by atoms with Crippen LogP contribution in [-0.2, 0) is 16.7 Å². The predicted octanol–water partition coefficient (Wildman–Crippen LogP) is 5.73. The first-order chi connectivity index (χ1) is 15.8.